The van der Waals surface area contributed by atoms with Crippen LogP contribution in [0, 0.1) is 5.92 Å². The van der Waals surface area contributed by atoms with Gasteiger partial charge in [0.25, 0.3) is 0 Å². The van der Waals surface area contributed by atoms with Crippen LogP contribution in [0.2, 0.25) is 0 Å². The minimum absolute atomic E-state index is 0.0129. The molecule has 0 aromatic heterocycles. The van der Waals surface area contributed by atoms with Crippen molar-refractivity contribution in [3.8, 4) is 0 Å². The molecule has 0 bridgehead atoms. The van der Waals surface area contributed by atoms with Crippen molar-refractivity contribution in [2.24, 2.45) is 11.7 Å². The van der Waals surface area contributed by atoms with Gasteiger partial charge in [0.1, 0.15) is 6.61 Å². The first-order valence-corrected chi connectivity index (χ1v) is 7.35. The Morgan fingerprint density at radius 1 is 1.22 bits per heavy atom. The van der Waals surface area contributed by atoms with Gasteiger partial charge in [0, 0.05) is 13.1 Å². The molecule has 2 aliphatic rings. The Balaban J connectivity index is 1.72. The molecule has 2 rings (SSSR count). The van der Waals surface area contributed by atoms with E-state index in [2.05, 4.69) is 5.32 Å². The van der Waals surface area contributed by atoms with E-state index in [0.717, 1.165) is 25.3 Å². The molecule has 0 atom stereocenters. The zero-order valence-corrected chi connectivity index (χ0v) is 11.2. The second kappa shape index (κ2) is 6.53. The van der Waals surface area contributed by atoms with Crippen molar-refractivity contribution in [2.45, 2.75) is 57.0 Å². The number of rotatable bonds is 6. The summed E-state index contributed by atoms with van der Waals surface area (Å²) in [6, 6.07) is 0. The van der Waals surface area contributed by atoms with Crippen LogP contribution in [0.25, 0.3) is 0 Å². The van der Waals surface area contributed by atoms with E-state index in [0.29, 0.717) is 6.54 Å². The molecule has 2 saturated carbocycles. The van der Waals surface area contributed by atoms with Crippen molar-refractivity contribution >= 4 is 5.91 Å². The summed E-state index contributed by atoms with van der Waals surface area (Å²) in [6.45, 7) is 1.52. The van der Waals surface area contributed by atoms with Crippen molar-refractivity contribution in [3.05, 3.63) is 0 Å². The van der Waals surface area contributed by atoms with Gasteiger partial charge in [-0.15, -0.1) is 0 Å². The number of nitrogens with one attached hydrogen (secondary N) is 1. The summed E-state index contributed by atoms with van der Waals surface area (Å²) >= 11 is 0. The molecule has 2 fully saturated rings. The topological polar surface area (TPSA) is 64.3 Å². The second-order valence-corrected chi connectivity index (χ2v) is 5.84. The monoisotopic (exact) mass is 254 g/mol. The third kappa shape index (κ3) is 4.25. The molecule has 3 N–H and O–H groups in total. The zero-order valence-electron chi connectivity index (χ0n) is 11.2. The molecule has 0 aliphatic heterocycles. The number of hydrogen-bond acceptors (Lipinski definition) is 3. The number of ether oxygens (including phenoxy) is 1. The van der Waals surface area contributed by atoms with Gasteiger partial charge >= 0.3 is 0 Å². The van der Waals surface area contributed by atoms with Gasteiger partial charge in [-0.05, 0) is 31.6 Å². The molecule has 0 spiro atoms. The molecule has 0 radical (unpaired) electrons. The molecule has 104 valence electrons. The number of carbonyl (C=O) groups excluding carboxylic acids is 1. The van der Waals surface area contributed by atoms with Gasteiger partial charge in [0.05, 0.1) is 5.60 Å². The van der Waals surface area contributed by atoms with Gasteiger partial charge in [0.15, 0.2) is 0 Å². The lowest BCUT2D eigenvalue weighted by atomic mass is 9.94. The highest BCUT2D eigenvalue weighted by atomic mass is 16.5. The van der Waals surface area contributed by atoms with Crippen LogP contribution >= 0.6 is 0 Å². The smallest absolute Gasteiger partial charge is 0.246 e. The summed E-state index contributed by atoms with van der Waals surface area (Å²) in [5.74, 6) is 0.731. The van der Waals surface area contributed by atoms with E-state index in [9.17, 15) is 4.79 Å². The minimum Gasteiger partial charge on any atom is -0.364 e. The van der Waals surface area contributed by atoms with Crippen molar-refractivity contribution in [3.63, 3.8) is 0 Å². The van der Waals surface area contributed by atoms with Crippen LogP contribution in [0.3, 0.4) is 0 Å². The maximum Gasteiger partial charge on any atom is 0.246 e. The normalized spacial score (nSPS) is 23.4. The van der Waals surface area contributed by atoms with E-state index < -0.39 is 0 Å². The fraction of sp³-hybridized carbons (Fsp3) is 0.929. The summed E-state index contributed by atoms with van der Waals surface area (Å²) in [6.07, 6.45) is 9.38. The fourth-order valence-electron chi connectivity index (χ4n) is 2.63. The third-order valence-electron chi connectivity index (χ3n) is 4.18. The molecular formula is C14H26N2O2. The minimum atomic E-state index is -0.243. The van der Waals surface area contributed by atoms with Gasteiger partial charge in [-0.1, -0.05) is 25.7 Å². The van der Waals surface area contributed by atoms with Crippen molar-refractivity contribution in [1.82, 2.24) is 5.32 Å². The van der Waals surface area contributed by atoms with E-state index in [1.165, 1.54) is 38.5 Å². The highest BCUT2D eigenvalue weighted by molar-refractivity contribution is 5.77. The molecule has 0 aromatic carbocycles. The van der Waals surface area contributed by atoms with Gasteiger partial charge < -0.3 is 15.8 Å². The van der Waals surface area contributed by atoms with Crippen LogP contribution in [0.1, 0.15) is 51.4 Å². The highest BCUT2D eigenvalue weighted by Gasteiger charge is 2.31. The van der Waals surface area contributed by atoms with Crippen LogP contribution in [0.15, 0.2) is 0 Å². The Bertz CT molecular complexity index is 269. The first-order chi connectivity index (χ1) is 8.74. The number of hydrogen-bond donors (Lipinski definition) is 2. The zero-order chi connectivity index (χ0) is 12.8. The molecule has 18 heavy (non-hydrogen) atoms. The van der Waals surface area contributed by atoms with Crippen LogP contribution in [0.5, 0.6) is 0 Å². The molecule has 4 heteroatoms. The first-order valence-electron chi connectivity index (χ1n) is 7.35. The Hall–Kier alpha value is -0.610. The average Bonchev–Trinajstić information content (AvgIpc) is 3.21. The van der Waals surface area contributed by atoms with E-state index in [4.69, 9.17) is 10.5 Å². The summed E-state index contributed by atoms with van der Waals surface area (Å²) in [5, 5.41) is 2.94. The van der Waals surface area contributed by atoms with Crippen LogP contribution < -0.4 is 11.1 Å². The molecule has 0 saturated heterocycles. The molecular weight excluding hydrogens is 228 g/mol. The van der Waals surface area contributed by atoms with Crippen molar-refractivity contribution < 1.29 is 9.53 Å². The predicted octanol–water partition coefficient (Wildman–Crippen LogP) is 1.58. The quantitative estimate of drug-likeness (QED) is 0.707. The summed E-state index contributed by atoms with van der Waals surface area (Å²) in [7, 11) is 0. The Morgan fingerprint density at radius 3 is 2.44 bits per heavy atom. The van der Waals surface area contributed by atoms with Gasteiger partial charge in [-0.25, -0.2) is 0 Å². The van der Waals surface area contributed by atoms with E-state index >= 15 is 0 Å². The van der Waals surface area contributed by atoms with Crippen LogP contribution in [-0.2, 0) is 9.53 Å². The molecule has 0 heterocycles. The maximum atomic E-state index is 11.7. The van der Waals surface area contributed by atoms with Gasteiger partial charge in [-0.2, -0.15) is 0 Å². The number of carbonyl (C=O) groups is 1. The molecule has 0 aromatic rings. The summed E-state index contributed by atoms with van der Waals surface area (Å²) in [5.41, 5.74) is 5.63. The molecule has 0 unspecified atom stereocenters. The third-order valence-corrected chi connectivity index (χ3v) is 4.18. The lowest BCUT2D eigenvalue weighted by Crippen LogP contribution is -2.43. The lowest BCUT2D eigenvalue weighted by Gasteiger charge is -2.31. The molecule has 4 nitrogen and oxygen atoms in total. The standard InChI is InChI=1S/C14H26N2O2/c15-11-14(7-3-1-2-4-8-14)18-10-13(17)16-9-12-5-6-12/h12H,1-11,15H2,(H,16,17). The van der Waals surface area contributed by atoms with Gasteiger partial charge in [0.2, 0.25) is 5.91 Å². The largest absolute Gasteiger partial charge is 0.364 e. The SMILES string of the molecule is NCC1(OCC(=O)NCC2CC2)CCCCCC1. The highest BCUT2D eigenvalue weighted by Crippen LogP contribution is 2.30. The van der Waals surface area contributed by atoms with E-state index in [1.54, 1.807) is 0 Å². The molecule has 1 amide bonds. The van der Waals surface area contributed by atoms with E-state index in [1.807, 2.05) is 0 Å². The van der Waals surface area contributed by atoms with E-state index in [-0.39, 0.29) is 18.1 Å². The predicted molar refractivity (Wildman–Crippen MR) is 71.2 cm³/mol. The number of amides is 1. The van der Waals surface area contributed by atoms with Crippen molar-refractivity contribution in [1.29, 1.82) is 0 Å². The first kappa shape index (κ1) is 13.8. The Morgan fingerprint density at radius 2 is 1.89 bits per heavy atom. The van der Waals surface area contributed by atoms with Gasteiger partial charge in [-0.3, -0.25) is 4.79 Å². The van der Waals surface area contributed by atoms with Crippen molar-refractivity contribution in [2.75, 3.05) is 19.7 Å². The molecule has 2 aliphatic carbocycles. The average molecular weight is 254 g/mol. The fourth-order valence-corrected chi connectivity index (χ4v) is 2.63. The second-order valence-electron chi connectivity index (χ2n) is 5.84. The lowest BCUT2D eigenvalue weighted by molar-refractivity contribution is -0.133. The van der Waals surface area contributed by atoms with Crippen LogP contribution in [0.4, 0.5) is 0 Å². The maximum absolute atomic E-state index is 11.7. The Labute approximate surface area is 110 Å². The Kier molecular flexibility index (Phi) is 5.01. The summed E-state index contributed by atoms with van der Waals surface area (Å²) < 4.78 is 5.88. The number of nitrogens with two attached hydrogens (primary N) is 1. The summed E-state index contributed by atoms with van der Waals surface area (Å²) in [4.78, 5) is 11.7. The van der Waals surface area contributed by atoms with Crippen LogP contribution in [-0.4, -0.2) is 31.2 Å².